The van der Waals surface area contributed by atoms with Crippen molar-refractivity contribution >= 4 is 22.6 Å². The van der Waals surface area contributed by atoms with Crippen LogP contribution < -0.4 is 5.32 Å². The molecule has 6 nitrogen and oxygen atoms in total. The van der Waals surface area contributed by atoms with Crippen LogP contribution >= 0.6 is 11.6 Å². The number of benzene rings is 3. The van der Waals surface area contributed by atoms with Crippen LogP contribution in [0, 0.1) is 0 Å². The van der Waals surface area contributed by atoms with Crippen molar-refractivity contribution in [2.45, 2.75) is 19.5 Å². The third-order valence-corrected chi connectivity index (χ3v) is 5.68. The van der Waals surface area contributed by atoms with E-state index in [0.29, 0.717) is 13.1 Å². The highest BCUT2D eigenvalue weighted by Crippen LogP contribution is 2.21. The molecule has 0 aliphatic heterocycles. The van der Waals surface area contributed by atoms with E-state index in [-0.39, 0.29) is 0 Å². The molecule has 0 spiro atoms. The van der Waals surface area contributed by atoms with Gasteiger partial charge in [0.05, 0.1) is 17.6 Å². The standard InChI is InChI=1S/C25H23ClN6/c26-20-11-5-4-10-19(20)17-32-30-23(25(31-32)18-8-2-1-3-9-18)16-27-15-14-24-28-21-12-6-7-13-22(21)29-24/h1-13,27H,14-17H2,(H,28,29). The summed E-state index contributed by atoms with van der Waals surface area (Å²) in [6.45, 7) is 1.93. The molecule has 32 heavy (non-hydrogen) atoms. The zero-order valence-corrected chi connectivity index (χ0v) is 18.3. The number of imidazole rings is 1. The predicted octanol–water partition coefficient (Wildman–Crippen LogP) is 4.86. The van der Waals surface area contributed by atoms with Gasteiger partial charge in [-0.2, -0.15) is 15.0 Å². The Morgan fingerprint density at radius 1 is 0.875 bits per heavy atom. The van der Waals surface area contributed by atoms with Crippen LogP contribution in [0.1, 0.15) is 17.1 Å². The summed E-state index contributed by atoms with van der Waals surface area (Å²) in [7, 11) is 0. The SMILES string of the molecule is Clc1ccccc1Cn1nc(CNCCc2nc3ccccc3[nH]2)c(-c2ccccc2)n1. The lowest BCUT2D eigenvalue weighted by Crippen LogP contribution is -2.18. The maximum Gasteiger partial charge on any atom is 0.117 e. The largest absolute Gasteiger partial charge is 0.342 e. The lowest BCUT2D eigenvalue weighted by atomic mass is 10.1. The molecule has 2 aromatic heterocycles. The number of hydrogen-bond donors (Lipinski definition) is 2. The Kier molecular flexibility index (Phi) is 5.96. The number of H-pyrrole nitrogens is 1. The third-order valence-electron chi connectivity index (χ3n) is 5.31. The smallest absolute Gasteiger partial charge is 0.117 e. The van der Waals surface area contributed by atoms with Gasteiger partial charge in [0.2, 0.25) is 0 Å². The van der Waals surface area contributed by atoms with Crippen molar-refractivity contribution in [3.05, 3.63) is 101 Å². The Hall–Kier alpha value is -3.48. The molecular weight excluding hydrogens is 420 g/mol. The van der Waals surface area contributed by atoms with Gasteiger partial charge in [-0.05, 0) is 23.8 Å². The summed E-state index contributed by atoms with van der Waals surface area (Å²) in [4.78, 5) is 9.74. The molecule has 5 rings (SSSR count). The van der Waals surface area contributed by atoms with Gasteiger partial charge in [-0.3, -0.25) is 0 Å². The van der Waals surface area contributed by atoms with Crippen molar-refractivity contribution < 1.29 is 0 Å². The average molecular weight is 443 g/mol. The average Bonchev–Trinajstić information content (AvgIpc) is 3.42. The normalized spacial score (nSPS) is 11.3. The minimum Gasteiger partial charge on any atom is -0.342 e. The molecule has 2 N–H and O–H groups in total. The zero-order valence-electron chi connectivity index (χ0n) is 17.5. The molecule has 0 saturated heterocycles. The van der Waals surface area contributed by atoms with E-state index >= 15 is 0 Å². The first-order chi connectivity index (χ1) is 15.8. The second-order valence-corrected chi connectivity index (χ2v) is 8.02. The fourth-order valence-electron chi connectivity index (χ4n) is 3.71. The van der Waals surface area contributed by atoms with E-state index in [4.69, 9.17) is 21.8 Å². The topological polar surface area (TPSA) is 71.4 Å². The molecule has 0 unspecified atom stereocenters. The van der Waals surface area contributed by atoms with Crippen LogP contribution in [0.25, 0.3) is 22.3 Å². The maximum atomic E-state index is 6.34. The van der Waals surface area contributed by atoms with Gasteiger partial charge in [-0.25, -0.2) is 4.98 Å². The summed E-state index contributed by atoms with van der Waals surface area (Å²) in [5.41, 5.74) is 5.90. The summed E-state index contributed by atoms with van der Waals surface area (Å²) in [5, 5.41) is 13.7. The van der Waals surface area contributed by atoms with Crippen molar-refractivity contribution in [1.29, 1.82) is 0 Å². The molecule has 0 atom stereocenters. The molecule has 0 saturated carbocycles. The third kappa shape index (κ3) is 4.56. The van der Waals surface area contributed by atoms with Crippen molar-refractivity contribution in [2.24, 2.45) is 0 Å². The number of aromatic nitrogens is 5. The zero-order chi connectivity index (χ0) is 21.8. The summed E-state index contributed by atoms with van der Waals surface area (Å²) in [6, 6.07) is 26.0. The fourth-order valence-corrected chi connectivity index (χ4v) is 3.90. The number of hydrogen-bond acceptors (Lipinski definition) is 4. The minimum atomic E-state index is 0.526. The number of nitrogens with one attached hydrogen (secondary N) is 2. The highest BCUT2D eigenvalue weighted by molar-refractivity contribution is 6.31. The number of fused-ring (bicyclic) bond motifs is 1. The van der Waals surface area contributed by atoms with E-state index in [1.54, 1.807) is 4.80 Å². The Labute approximate surface area is 191 Å². The van der Waals surface area contributed by atoms with Gasteiger partial charge in [0.15, 0.2) is 0 Å². The Balaban J connectivity index is 1.30. The van der Waals surface area contributed by atoms with Crippen LogP contribution in [0.5, 0.6) is 0 Å². The van der Waals surface area contributed by atoms with Gasteiger partial charge in [0, 0.05) is 30.1 Å². The minimum absolute atomic E-state index is 0.526. The molecule has 0 aliphatic carbocycles. The molecule has 3 aromatic carbocycles. The van der Waals surface area contributed by atoms with E-state index in [9.17, 15) is 0 Å². The molecule has 0 bridgehead atoms. The van der Waals surface area contributed by atoms with Gasteiger partial charge >= 0.3 is 0 Å². The lowest BCUT2D eigenvalue weighted by molar-refractivity contribution is 0.576. The highest BCUT2D eigenvalue weighted by Gasteiger charge is 2.14. The fraction of sp³-hybridized carbons (Fsp3) is 0.160. The first-order valence-electron chi connectivity index (χ1n) is 10.6. The lowest BCUT2D eigenvalue weighted by Gasteiger charge is -2.03. The van der Waals surface area contributed by atoms with Crippen molar-refractivity contribution in [1.82, 2.24) is 30.3 Å². The molecule has 2 heterocycles. The van der Waals surface area contributed by atoms with E-state index < -0.39 is 0 Å². The van der Waals surface area contributed by atoms with Crippen LogP contribution in [0.3, 0.4) is 0 Å². The monoisotopic (exact) mass is 442 g/mol. The Bertz CT molecular complexity index is 1290. The quantitative estimate of drug-likeness (QED) is 0.337. The number of rotatable bonds is 8. The van der Waals surface area contributed by atoms with Gasteiger partial charge in [-0.15, -0.1) is 0 Å². The van der Waals surface area contributed by atoms with Crippen LogP contribution in [0.2, 0.25) is 5.02 Å². The predicted molar refractivity (Wildman–Crippen MR) is 128 cm³/mol. The van der Waals surface area contributed by atoms with Crippen molar-refractivity contribution in [2.75, 3.05) is 6.54 Å². The van der Waals surface area contributed by atoms with Crippen molar-refractivity contribution in [3.8, 4) is 11.3 Å². The van der Waals surface area contributed by atoms with E-state index in [2.05, 4.69) is 27.4 Å². The molecule has 0 fully saturated rings. The second kappa shape index (κ2) is 9.34. The second-order valence-electron chi connectivity index (χ2n) is 7.61. The Morgan fingerprint density at radius 2 is 1.66 bits per heavy atom. The van der Waals surface area contributed by atoms with Crippen LogP contribution in [0.4, 0.5) is 0 Å². The summed E-state index contributed by atoms with van der Waals surface area (Å²) in [5.74, 6) is 0.976. The molecular formula is C25H23ClN6. The first-order valence-corrected chi connectivity index (χ1v) is 11.0. The molecule has 5 aromatic rings. The van der Waals surface area contributed by atoms with Gasteiger partial charge in [0.1, 0.15) is 17.2 Å². The van der Waals surface area contributed by atoms with Crippen LogP contribution in [0.15, 0.2) is 78.9 Å². The van der Waals surface area contributed by atoms with Crippen LogP contribution in [-0.4, -0.2) is 31.5 Å². The number of halogens is 1. The molecule has 160 valence electrons. The summed E-state index contributed by atoms with van der Waals surface area (Å²) >= 11 is 6.34. The molecule has 0 radical (unpaired) electrons. The Morgan fingerprint density at radius 3 is 2.50 bits per heavy atom. The van der Waals surface area contributed by atoms with E-state index in [0.717, 1.165) is 57.4 Å². The maximum absolute atomic E-state index is 6.34. The van der Waals surface area contributed by atoms with Crippen molar-refractivity contribution in [3.63, 3.8) is 0 Å². The number of para-hydroxylation sites is 2. The highest BCUT2D eigenvalue weighted by atomic mass is 35.5. The van der Waals surface area contributed by atoms with Gasteiger partial charge < -0.3 is 10.3 Å². The molecule has 0 amide bonds. The summed E-state index contributed by atoms with van der Waals surface area (Å²) < 4.78 is 0. The van der Waals surface area contributed by atoms with Crippen LogP contribution in [-0.2, 0) is 19.5 Å². The first kappa shape index (κ1) is 20.4. The number of aromatic amines is 1. The molecule has 7 heteroatoms. The van der Waals surface area contributed by atoms with E-state index in [1.165, 1.54) is 0 Å². The number of nitrogens with zero attached hydrogens (tertiary/aromatic N) is 4. The van der Waals surface area contributed by atoms with E-state index in [1.807, 2.05) is 66.7 Å². The molecule has 0 aliphatic rings. The summed E-state index contributed by atoms with van der Waals surface area (Å²) in [6.07, 6.45) is 0.809. The van der Waals surface area contributed by atoms with Gasteiger partial charge in [0.25, 0.3) is 0 Å². The van der Waals surface area contributed by atoms with Gasteiger partial charge in [-0.1, -0.05) is 72.3 Å².